The van der Waals surface area contributed by atoms with E-state index >= 15 is 0 Å². The van der Waals surface area contributed by atoms with Gasteiger partial charge in [0.1, 0.15) is 12.4 Å². The molecule has 0 saturated carbocycles. The molecular weight excluding hydrogens is 214 g/mol. The van der Waals surface area contributed by atoms with E-state index in [9.17, 15) is 0 Å². The van der Waals surface area contributed by atoms with Crippen LogP contribution in [0.4, 0.5) is 0 Å². The van der Waals surface area contributed by atoms with Crippen LogP contribution >= 0.6 is 0 Å². The Labute approximate surface area is 103 Å². The van der Waals surface area contributed by atoms with E-state index in [1.54, 1.807) is 7.11 Å². The third-order valence-electron chi connectivity index (χ3n) is 2.25. The van der Waals surface area contributed by atoms with E-state index in [1.165, 1.54) is 0 Å². The Morgan fingerprint density at radius 2 is 2.12 bits per heavy atom. The molecule has 0 aromatic heterocycles. The van der Waals surface area contributed by atoms with Gasteiger partial charge in [0.15, 0.2) is 0 Å². The Balaban J connectivity index is 2.47. The predicted octanol–water partition coefficient (Wildman–Crippen LogP) is 1.82. The number of rotatable bonds is 7. The summed E-state index contributed by atoms with van der Waals surface area (Å²) in [5.74, 6) is 6.59. The van der Waals surface area contributed by atoms with E-state index in [0.29, 0.717) is 13.2 Å². The zero-order valence-electron chi connectivity index (χ0n) is 10.5. The fraction of sp³-hybridized carbons (Fsp3) is 0.429. The highest BCUT2D eigenvalue weighted by atomic mass is 16.5. The number of nitrogens with one attached hydrogen (secondary N) is 1. The van der Waals surface area contributed by atoms with Gasteiger partial charge in [0.2, 0.25) is 0 Å². The van der Waals surface area contributed by atoms with Crippen LogP contribution < -0.4 is 10.1 Å². The molecule has 1 aromatic carbocycles. The molecule has 0 radical (unpaired) electrons. The summed E-state index contributed by atoms with van der Waals surface area (Å²) < 4.78 is 10.6. The number of methoxy groups -OCH3 is 1. The molecular formula is C14H19NO2. The number of benzene rings is 1. The van der Waals surface area contributed by atoms with Gasteiger partial charge in [-0.25, -0.2) is 0 Å². The van der Waals surface area contributed by atoms with Crippen molar-refractivity contribution in [3.8, 4) is 17.6 Å². The van der Waals surface area contributed by atoms with Crippen molar-refractivity contribution in [1.82, 2.24) is 5.32 Å². The number of para-hydroxylation sites is 1. The highest BCUT2D eigenvalue weighted by Crippen LogP contribution is 2.17. The summed E-state index contributed by atoms with van der Waals surface area (Å²) in [6, 6.07) is 7.98. The van der Waals surface area contributed by atoms with E-state index in [2.05, 4.69) is 23.2 Å². The van der Waals surface area contributed by atoms with E-state index in [4.69, 9.17) is 9.47 Å². The monoisotopic (exact) mass is 233 g/mol. The van der Waals surface area contributed by atoms with E-state index < -0.39 is 0 Å². The van der Waals surface area contributed by atoms with Crippen LogP contribution in [0.1, 0.15) is 12.5 Å². The van der Waals surface area contributed by atoms with E-state index in [0.717, 1.165) is 24.4 Å². The Morgan fingerprint density at radius 3 is 2.88 bits per heavy atom. The van der Waals surface area contributed by atoms with Gasteiger partial charge in [0.05, 0.1) is 6.61 Å². The van der Waals surface area contributed by atoms with Crippen molar-refractivity contribution in [2.75, 3.05) is 26.9 Å². The molecule has 1 rings (SSSR count). The van der Waals surface area contributed by atoms with Crippen LogP contribution in [-0.2, 0) is 11.3 Å². The smallest absolute Gasteiger partial charge is 0.149 e. The summed E-state index contributed by atoms with van der Waals surface area (Å²) in [4.78, 5) is 0. The maximum absolute atomic E-state index is 5.59. The molecule has 0 amide bonds. The summed E-state index contributed by atoms with van der Waals surface area (Å²) in [5.41, 5.74) is 1.14. The Hall–Kier alpha value is -1.50. The number of hydrogen-bond donors (Lipinski definition) is 1. The van der Waals surface area contributed by atoms with Crippen molar-refractivity contribution in [1.29, 1.82) is 0 Å². The first-order chi connectivity index (χ1) is 8.38. The fourth-order valence-electron chi connectivity index (χ4n) is 1.37. The minimum absolute atomic E-state index is 0.436. The molecule has 0 aliphatic carbocycles. The lowest BCUT2D eigenvalue weighted by Gasteiger charge is -2.10. The second-order valence-electron chi connectivity index (χ2n) is 3.49. The van der Waals surface area contributed by atoms with Crippen LogP contribution in [0.5, 0.6) is 5.75 Å². The first kappa shape index (κ1) is 13.6. The highest BCUT2D eigenvalue weighted by Gasteiger charge is 2.01. The minimum atomic E-state index is 0.436. The molecule has 92 valence electrons. The summed E-state index contributed by atoms with van der Waals surface area (Å²) in [6.45, 7) is 4.57. The van der Waals surface area contributed by atoms with Crippen LogP contribution in [0.3, 0.4) is 0 Å². The highest BCUT2D eigenvalue weighted by molar-refractivity contribution is 5.33. The van der Waals surface area contributed by atoms with E-state index in [1.807, 2.05) is 25.1 Å². The Kier molecular flexibility index (Phi) is 6.89. The molecule has 0 fully saturated rings. The second-order valence-corrected chi connectivity index (χ2v) is 3.49. The van der Waals surface area contributed by atoms with Gasteiger partial charge in [0, 0.05) is 25.8 Å². The third-order valence-corrected chi connectivity index (χ3v) is 2.25. The second kappa shape index (κ2) is 8.63. The first-order valence-electron chi connectivity index (χ1n) is 5.68. The molecule has 0 aliphatic rings. The predicted molar refractivity (Wildman–Crippen MR) is 69.0 cm³/mol. The van der Waals surface area contributed by atoms with Crippen molar-refractivity contribution >= 4 is 0 Å². The van der Waals surface area contributed by atoms with Crippen LogP contribution in [-0.4, -0.2) is 26.9 Å². The summed E-state index contributed by atoms with van der Waals surface area (Å²) in [6.07, 6.45) is 0. The van der Waals surface area contributed by atoms with Gasteiger partial charge in [-0.15, -0.1) is 5.92 Å². The molecule has 3 heteroatoms. The maximum atomic E-state index is 5.59. The Morgan fingerprint density at radius 1 is 1.29 bits per heavy atom. The van der Waals surface area contributed by atoms with Crippen molar-refractivity contribution in [2.45, 2.75) is 13.5 Å². The Bertz CT molecular complexity index is 379. The van der Waals surface area contributed by atoms with Crippen molar-refractivity contribution < 1.29 is 9.47 Å². The lowest BCUT2D eigenvalue weighted by atomic mass is 10.2. The average Bonchev–Trinajstić information content (AvgIpc) is 2.36. The van der Waals surface area contributed by atoms with Crippen molar-refractivity contribution in [3.63, 3.8) is 0 Å². The lowest BCUT2D eigenvalue weighted by molar-refractivity contribution is 0.199. The van der Waals surface area contributed by atoms with Gasteiger partial charge in [0.25, 0.3) is 0 Å². The molecule has 17 heavy (non-hydrogen) atoms. The average molecular weight is 233 g/mol. The van der Waals surface area contributed by atoms with Gasteiger partial charge in [-0.3, -0.25) is 0 Å². The summed E-state index contributed by atoms with van der Waals surface area (Å²) >= 11 is 0. The molecule has 3 nitrogen and oxygen atoms in total. The lowest BCUT2D eigenvalue weighted by Crippen LogP contribution is -2.19. The van der Waals surface area contributed by atoms with Gasteiger partial charge >= 0.3 is 0 Å². The van der Waals surface area contributed by atoms with E-state index in [-0.39, 0.29) is 0 Å². The van der Waals surface area contributed by atoms with Crippen molar-refractivity contribution in [2.24, 2.45) is 0 Å². The normalized spacial score (nSPS) is 9.53. The van der Waals surface area contributed by atoms with Crippen LogP contribution in [0.25, 0.3) is 0 Å². The van der Waals surface area contributed by atoms with Crippen LogP contribution in [0.2, 0.25) is 0 Å². The maximum Gasteiger partial charge on any atom is 0.149 e. The van der Waals surface area contributed by atoms with Gasteiger partial charge in [-0.05, 0) is 13.0 Å². The standard InChI is InChI=1S/C14H19NO2/c1-3-4-10-17-14-8-6-5-7-13(14)12-15-9-11-16-2/h5-8,15H,9-12H2,1-2H3. The SMILES string of the molecule is CC#CCOc1ccccc1CNCCOC. The molecule has 0 saturated heterocycles. The molecule has 0 aliphatic heterocycles. The number of ether oxygens (including phenoxy) is 2. The fourth-order valence-corrected chi connectivity index (χ4v) is 1.37. The molecule has 1 N–H and O–H groups in total. The zero-order chi connectivity index (χ0) is 12.3. The summed E-state index contributed by atoms with van der Waals surface area (Å²) in [7, 11) is 1.70. The van der Waals surface area contributed by atoms with Gasteiger partial charge in [-0.1, -0.05) is 24.1 Å². The molecule has 1 aromatic rings. The number of hydrogen-bond acceptors (Lipinski definition) is 3. The topological polar surface area (TPSA) is 30.5 Å². The first-order valence-corrected chi connectivity index (χ1v) is 5.68. The third kappa shape index (κ3) is 5.39. The molecule has 0 unspecified atom stereocenters. The molecule has 0 bridgehead atoms. The van der Waals surface area contributed by atoms with Crippen LogP contribution in [0.15, 0.2) is 24.3 Å². The zero-order valence-corrected chi connectivity index (χ0v) is 10.5. The largest absolute Gasteiger partial charge is 0.481 e. The van der Waals surface area contributed by atoms with Gasteiger partial charge in [-0.2, -0.15) is 0 Å². The molecule has 0 heterocycles. The molecule has 0 atom stereocenters. The quantitative estimate of drug-likeness (QED) is 0.575. The van der Waals surface area contributed by atoms with Gasteiger partial charge < -0.3 is 14.8 Å². The van der Waals surface area contributed by atoms with Crippen LogP contribution in [0, 0.1) is 11.8 Å². The van der Waals surface area contributed by atoms with Crippen molar-refractivity contribution in [3.05, 3.63) is 29.8 Å². The minimum Gasteiger partial charge on any atom is -0.481 e. The molecule has 0 spiro atoms. The summed E-state index contributed by atoms with van der Waals surface area (Å²) in [5, 5.41) is 3.29.